The van der Waals surface area contributed by atoms with E-state index in [1.54, 1.807) is 13.0 Å². The Morgan fingerprint density at radius 2 is 1.89 bits per heavy atom. The SMILES string of the molecule is Cc1cc2cc(NC(=O)c3cc(S(=O)(=O)N4CCCC4)c(C)o3)ccc2[nH]1. The predicted molar refractivity (Wildman–Crippen MR) is 102 cm³/mol. The lowest BCUT2D eigenvalue weighted by Gasteiger charge is -2.14. The van der Waals surface area contributed by atoms with E-state index in [4.69, 9.17) is 4.42 Å². The molecule has 8 heteroatoms. The minimum atomic E-state index is -3.63. The number of H-pyrrole nitrogens is 1. The molecule has 2 N–H and O–H groups in total. The molecule has 4 rings (SSSR count). The molecule has 1 aliphatic rings. The average Bonchev–Trinajstić information content (AvgIpc) is 3.32. The molecule has 0 atom stereocenters. The smallest absolute Gasteiger partial charge is 0.291 e. The van der Waals surface area contributed by atoms with Crippen molar-refractivity contribution in [2.24, 2.45) is 0 Å². The van der Waals surface area contributed by atoms with Crippen molar-refractivity contribution in [2.75, 3.05) is 18.4 Å². The normalized spacial score (nSPS) is 15.5. The summed E-state index contributed by atoms with van der Waals surface area (Å²) >= 11 is 0. The van der Waals surface area contributed by atoms with Gasteiger partial charge in [-0.1, -0.05) is 0 Å². The molecule has 0 unspecified atom stereocenters. The van der Waals surface area contributed by atoms with Gasteiger partial charge in [-0.2, -0.15) is 4.31 Å². The minimum Gasteiger partial charge on any atom is -0.455 e. The highest BCUT2D eigenvalue weighted by Gasteiger charge is 2.31. The van der Waals surface area contributed by atoms with Crippen LogP contribution in [0.1, 0.15) is 34.9 Å². The number of benzene rings is 1. The van der Waals surface area contributed by atoms with Crippen LogP contribution in [0.15, 0.2) is 39.6 Å². The highest BCUT2D eigenvalue weighted by Crippen LogP contribution is 2.27. The Bertz CT molecular complexity index is 1120. The number of aromatic amines is 1. The summed E-state index contributed by atoms with van der Waals surface area (Å²) in [4.78, 5) is 15.8. The van der Waals surface area contributed by atoms with E-state index in [1.165, 1.54) is 10.4 Å². The van der Waals surface area contributed by atoms with E-state index in [0.29, 0.717) is 18.8 Å². The monoisotopic (exact) mass is 387 g/mol. The summed E-state index contributed by atoms with van der Waals surface area (Å²) in [6.07, 6.45) is 1.70. The number of anilines is 1. The van der Waals surface area contributed by atoms with Crippen LogP contribution in [0.3, 0.4) is 0 Å². The largest absolute Gasteiger partial charge is 0.455 e. The summed E-state index contributed by atoms with van der Waals surface area (Å²) in [6.45, 7) is 4.54. The van der Waals surface area contributed by atoms with Gasteiger partial charge in [-0.15, -0.1) is 0 Å². The van der Waals surface area contributed by atoms with Crippen molar-refractivity contribution in [3.63, 3.8) is 0 Å². The number of amides is 1. The summed E-state index contributed by atoms with van der Waals surface area (Å²) in [5.41, 5.74) is 2.63. The lowest BCUT2D eigenvalue weighted by molar-refractivity contribution is 0.0995. The molecule has 1 fully saturated rings. The first-order valence-electron chi connectivity index (χ1n) is 8.86. The standard InChI is InChI=1S/C19H21N3O4S/c1-12-9-14-10-15(5-6-16(14)20-12)21-19(23)17-11-18(13(2)26-17)27(24,25)22-7-3-4-8-22/h5-6,9-11,20H,3-4,7-8H2,1-2H3,(H,21,23). The molecule has 1 aliphatic heterocycles. The number of rotatable bonds is 4. The summed E-state index contributed by atoms with van der Waals surface area (Å²) < 4.78 is 32.4. The van der Waals surface area contributed by atoms with Gasteiger partial charge in [-0.3, -0.25) is 4.79 Å². The second-order valence-electron chi connectivity index (χ2n) is 6.85. The zero-order valence-electron chi connectivity index (χ0n) is 15.2. The Kier molecular flexibility index (Phi) is 4.32. The molecule has 7 nitrogen and oxygen atoms in total. The van der Waals surface area contributed by atoms with Gasteiger partial charge in [0, 0.05) is 41.4 Å². The van der Waals surface area contributed by atoms with E-state index < -0.39 is 15.9 Å². The quantitative estimate of drug-likeness (QED) is 0.717. The first-order valence-corrected chi connectivity index (χ1v) is 10.3. The highest BCUT2D eigenvalue weighted by atomic mass is 32.2. The third-order valence-corrected chi connectivity index (χ3v) is 6.80. The van der Waals surface area contributed by atoms with Crippen molar-refractivity contribution in [1.82, 2.24) is 9.29 Å². The summed E-state index contributed by atoms with van der Waals surface area (Å²) in [6, 6.07) is 8.83. The zero-order valence-corrected chi connectivity index (χ0v) is 16.0. The molecule has 1 saturated heterocycles. The van der Waals surface area contributed by atoms with E-state index >= 15 is 0 Å². The maximum absolute atomic E-state index is 12.7. The fourth-order valence-corrected chi connectivity index (χ4v) is 5.13. The molecule has 0 aliphatic carbocycles. The number of sulfonamides is 1. The maximum atomic E-state index is 12.7. The molecule has 0 radical (unpaired) electrons. The third-order valence-electron chi connectivity index (χ3n) is 4.79. The van der Waals surface area contributed by atoms with Crippen LogP contribution in [0, 0.1) is 13.8 Å². The predicted octanol–water partition coefficient (Wildman–Crippen LogP) is 3.41. The number of aryl methyl sites for hydroxylation is 2. The molecule has 3 aromatic rings. The van der Waals surface area contributed by atoms with Crippen LogP contribution in [0.25, 0.3) is 10.9 Å². The van der Waals surface area contributed by atoms with E-state index in [9.17, 15) is 13.2 Å². The Balaban J connectivity index is 1.58. The Hall–Kier alpha value is -2.58. The van der Waals surface area contributed by atoms with Crippen molar-refractivity contribution >= 4 is 32.5 Å². The van der Waals surface area contributed by atoms with Crippen LogP contribution < -0.4 is 5.32 Å². The molecule has 0 bridgehead atoms. The van der Waals surface area contributed by atoms with Gasteiger partial charge < -0.3 is 14.7 Å². The molecule has 2 aromatic heterocycles. The number of carbonyl (C=O) groups is 1. The van der Waals surface area contributed by atoms with E-state index in [1.807, 2.05) is 25.1 Å². The average molecular weight is 387 g/mol. The van der Waals surface area contributed by atoms with Gasteiger partial charge >= 0.3 is 0 Å². The van der Waals surface area contributed by atoms with Crippen LogP contribution in [0.2, 0.25) is 0 Å². The lowest BCUT2D eigenvalue weighted by atomic mass is 10.2. The third kappa shape index (κ3) is 3.26. The van der Waals surface area contributed by atoms with Gasteiger partial charge in [-0.05, 0) is 51.0 Å². The van der Waals surface area contributed by atoms with Crippen LogP contribution in [0.5, 0.6) is 0 Å². The van der Waals surface area contributed by atoms with Crippen molar-refractivity contribution in [1.29, 1.82) is 0 Å². The second-order valence-corrected chi connectivity index (χ2v) is 8.76. The second kappa shape index (κ2) is 6.54. The summed E-state index contributed by atoms with van der Waals surface area (Å²) in [5, 5.41) is 3.75. The number of nitrogens with one attached hydrogen (secondary N) is 2. The van der Waals surface area contributed by atoms with Crippen LogP contribution in [-0.4, -0.2) is 36.7 Å². The van der Waals surface area contributed by atoms with Gasteiger partial charge in [0.25, 0.3) is 5.91 Å². The topological polar surface area (TPSA) is 95.4 Å². The number of hydrogen-bond acceptors (Lipinski definition) is 4. The number of carbonyl (C=O) groups excluding carboxylic acids is 1. The van der Waals surface area contributed by atoms with Crippen LogP contribution in [-0.2, 0) is 10.0 Å². The molecular weight excluding hydrogens is 366 g/mol. The lowest BCUT2D eigenvalue weighted by Crippen LogP contribution is -2.28. The van der Waals surface area contributed by atoms with Gasteiger partial charge in [0.05, 0.1) is 0 Å². The minimum absolute atomic E-state index is 0.0179. The van der Waals surface area contributed by atoms with E-state index in [-0.39, 0.29) is 16.4 Å². The van der Waals surface area contributed by atoms with Crippen LogP contribution in [0.4, 0.5) is 5.69 Å². The molecule has 1 amide bonds. The van der Waals surface area contributed by atoms with Crippen molar-refractivity contribution < 1.29 is 17.6 Å². The molecule has 27 heavy (non-hydrogen) atoms. The number of hydrogen-bond donors (Lipinski definition) is 2. The van der Waals surface area contributed by atoms with Gasteiger partial charge in [-0.25, -0.2) is 8.42 Å². The summed E-state index contributed by atoms with van der Waals surface area (Å²) in [5.74, 6) is -0.271. The number of aromatic nitrogens is 1. The number of fused-ring (bicyclic) bond motifs is 1. The molecule has 0 spiro atoms. The number of nitrogens with zero attached hydrogens (tertiary/aromatic N) is 1. The zero-order chi connectivity index (χ0) is 19.2. The molecule has 1 aromatic carbocycles. The summed E-state index contributed by atoms with van der Waals surface area (Å²) in [7, 11) is -3.63. The molecule has 0 saturated carbocycles. The molecular formula is C19H21N3O4S. The Morgan fingerprint density at radius 3 is 2.63 bits per heavy atom. The fourth-order valence-electron chi connectivity index (χ4n) is 3.45. The van der Waals surface area contributed by atoms with Crippen molar-refractivity contribution in [2.45, 2.75) is 31.6 Å². The molecule has 3 heterocycles. The van der Waals surface area contributed by atoms with Gasteiger partial charge in [0.15, 0.2) is 5.76 Å². The molecule has 142 valence electrons. The number of furan rings is 1. The Morgan fingerprint density at radius 1 is 1.15 bits per heavy atom. The van der Waals surface area contributed by atoms with E-state index in [2.05, 4.69) is 10.3 Å². The first-order chi connectivity index (χ1) is 12.8. The van der Waals surface area contributed by atoms with Crippen molar-refractivity contribution in [3.8, 4) is 0 Å². The fraction of sp³-hybridized carbons (Fsp3) is 0.316. The maximum Gasteiger partial charge on any atom is 0.291 e. The van der Waals surface area contributed by atoms with Gasteiger partial charge in [0.1, 0.15) is 10.7 Å². The van der Waals surface area contributed by atoms with Crippen molar-refractivity contribution in [3.05, 3.63) is 47.5 Å². The van der Waals surface area contributed by atoms with Gasteiger partial charge in [0.2, 0.25) is 10.0 Å². The van der Waals surface area contributed by atoms with Crippen LogP contribution >= 0.6 is 0 Å². The first kappa shape index (κ1) is 17.8. The van der Waals surface area contributed by atoms with E-state index in [0.717, 1.165) is 29.4 Å². The Labute approximate surface area is 157 Å². The highest BCUT2D eigenvalue weighted by molar-refractivity contribution is 7.89.